The number of nitrogens with zero attached hydrogens (tertiary/aromatic N) is 2. The molecule has 4 rings (SSSR count). The standard InChI is InChI=1S/C28H29N3O5S2/c1-5-6-17-35-20-11-7-18(8-12-20)24-26(36-21-13-9-19(10-14-21)28(2,3)4)38-27(29-24)30-25(32)22-15-16-23(37-22)31(33)34/h7-16H,5-6,17H2,1-4H3,(H,29,30,32). The lowest BCUT2D eigenvalue weighted by Gasteiger charge is -2.19. The van der Waals surface area contributed by atoms with Crippen LogP contribution < -0.4 is 14.8 Å². The third-order valence-electron chi connectivity index (χ3n) is 5.64. The highest BCUT2D eigenvalue weighted by Crippen LogP contribution is 2.41. The van der Waals surface area contributed by atoms with Gasteiger partial charge in [0.05, 0.1) is 16.4 Å². The Labute approximate surface area is 229 Å². The predicted octanol–water partition coefficient (Wildman–Crippen LogP) is 8.30. The maximum absolute atomic E-state index is 12.8. The van der Waals surface area contributed by atoms with Gasteiger partial charge in [0, 0.05) is 11.6 Å². The number of carbonyl (C=O) groups excluding carboxylic acids is 1. The lowest BCUT2D eigenvalue weighted by Crippen LogP contribution is -2.10. The van der Waals surface area contributed by atoms with Crippen LogP contribution in [-0.4, -0.2) is 22.4 Å². The molecule has 0 fully saturated rings. The van der Waals surface area contributed by atoms with Crippen molar-refractivity contribution >= 4 is 38.7 Å². The summed E-state index contributed by atoms with van der Waals surface area (Å²) >= 11 is 2.00. The number of nitro groups is 1. The van der Waals surface area contributed by atoms with E-state index in [4.69, 9.17) is 9.47 Å². The van der Waals surface area contributed by atoms with E-state index in [1.165, 1.54) is 29.0 Å². The van der Waals surface area contributed by atoms with E-state index in [1.807, 2.05) is 48.5 Å². The Balaban J connectivity index is 1.61. The number of carbonyl (C=O) groups is 1. The average molecular weight is 552 g/mol. The van der Waals surface area contributed by atoms with Crippen molar-refractivity contribution in [3.8, 4) is 27.8 Å². The number of hydrogen-bond donors (Lipinski definition) is 1. The Morgan fingerprint density at radius 2 is 1.68 bits per heavy atom. The average Bonchev–Trinajstić information content (AvgIpc) is 3.52. The van der Waals surface area contributed by atoms with E-state index in [0.717, 1.165) is 35.5 Å². The monoisotopic (exact) mass is 551 g/mol. The molecular formula is C28H29N3O5S2. The number of unbranched alkanes of at least 4 members (excludes halogenated alkanes) is 1. The van der Waals surface area contributed by atoms with Crippen LogP contribution in [0.2, 0.25) is 0 Å². The van der Waals surface area contributed by atoms with Crippen LogP contribution in [0.15, 0.2) is 60.7 Å². The number of thiazole rings is 1. The Bertz CT molecular complexity index is 1400. The molecule has 2 aromatic carbocycles. The summed E-state index contributed by atoms with van der Waals surface area (Å²) < 4.78 is 12.0. The third kappa shape index (κ3) is 6.76. The second-order valence-corrected chi connectivity index (χ2v) is 11.6. The van der Waals surface area contributed by atoms with E-state index < -0.39 is 10.8 Å². The van der Waals surface area contributed by atoms with Crippen molar-refractivity contribution in [1.82, 2.24) is 4.98 Å². The van der Waals surface area contributed by atoms with Crippen molar-refractivity contribution in [2.24, 2.45) is 0 Å². The summed E-state index contributed by atoms with van der Waals surface area (Å²) in [5.41, 5.74) is 2.58. The molecule has 10 heteroatoms. The van der Waals surface area contributed by atoms with Crippen molar-refractivity contribution in [2.45, 2.75) is 46.0 Å². The van der Waals surface area contributed by atoms with E-state index in [1.54, 1.807) is 0 Å². The molecule has 0 bridgehead atoms. The number of aromatic nitrogens is 1. The van der Waals surface area contributed by atoms with E-state index in [9.17, 15) is 14.9 Å². The number of thiophene rings is 1. The summed E-state index contributed by atoms with van der Waals surface area (Å²) in [6.45, 7) is 9.22. The first kappa shape index (κ1) is 27.3. The molecule has 1 amide bonds. The SMILES string of the molecule is CCCCOc1ccc(-c2nc(NC(=O)c3ccc([N+](=O)[O-])s3)sc2Oc2ccc(C(C)(C)C)cc2)cc1. The second-order valence-electron chi connectivity index (χ2n) is 9.61. The first-order valence-electron chi connectivity index (χ1n) is 12.2. The molecule has 0 unspecified atom stereocenters. The molecule has 4 aromatic rings. The normalized spacial score (nSPS) is 11.3. The van der Waals surface area contributed by atoms with Gasteiger partial charge in [-0.25, -0.2) is 4.98 Å². The number of hydrogen-bond acceptors (Lipinski definition) is 8. The summed E-state index contributed by atoms with van der Waals surface area (Å²) in [6, 6.07) is 18.2. The second kappa shape index (κ2) is 11.7. The quantitative estimate of drug-likeness (QED) is 0.121. The van der Waals surface area contributed by atoms with E-state index >= 15 is 0 Å². The summed E-state index contributed by atoms with van der Waals surface area (Å²) in [5, 5.41) is 14.5. The summed E-state index contributed by atoms with van der Waals surface area (Å²) in [4.78, 5) is 28.1. The Morgan fingerprint density at radius 3 is 2.29 bits per heavy atom. The lowest BCUT2D eigenvalue weighted by molar-refractivity contribution is -0.380. The lowest BCUT2D eigenvalue weighted by atomic mass is 9.87. The highest BCUT2D eigenvalue weighted by Gasteiger charge is 2.21. The van der Waals surface area contributed by atoms with Crippen LogP contribution in [0.5, 0.6) is 16.6 Å². The molecule has 0 aliphatic rings. The van der Waals surface area contributed by atoms with E-state index in [2.05, 4.69) is 38.0 Å². The first-order chi connectivity index (χ1) is 18.1. The molecular weight excluding hydrogens is 522 g/mol. The van der Waals surface area contributed by atoms with Crippen molar-refractivity contribution in [3.05, 3.63) is 81.2 Å². The molecule has 0 aliphatic carbocycles. The molecule has 0 saturated heterocycles. The van der Waals surface area contributed by atoms with Gasteiger partial charge in [0.25, 0.3) is 5.91 Å². The fraction of sp³-hybridized carbons (Fsp3) is 0.286. The van der Waals surface area contributed by atoms with Gasteiger partial charge >= 0.3 is 5.00 Å². The fourth-order valence-electron chi connectivity index (χ4n) is 3.49. The minimum atomic E-state index is -0.518. The fourth-order valence-corrected chi connectivity index (χ4v) is 5.06. The van der Waals surface area contributed by atoms with Crippen LogP contribution in [0.1, 0.15) is 55.8 Å². The number of rotatable bonds is 10. The van der Waals surface area contributed by atoms with E-state index in [-0.39, 0.29) is 15.3 Å². The topological polar surface area (TPSA) is 104 Å². The maximum Gasteiger partial charge on any atom is 0.324 e. The van der Waals surface area contributed by atoms with Crippen molar-refractivity contribution in [2.75, 3.05) is 11.9 Å². The highest BCUT2D eigenvalue weighted by molar-refractivity contribution is 7.19. The zero-order valence-electron chi connectivity index (χ0n) is 21.6. The zero-order chi connectivity index (χ0) is 27.3. The zero-order valence-corrected chi connectivity index (χ0v) is 23.3. The molecule has 2 heterocycles. The van der Waals surface area contributed by atoms with Crippen LogP contribution >= 0.6 is 22.7 Å². The summed E-state index contributed by atoms with van der Waals surface area (Å²) in [6.07, 6.45) is 2.04. The van der Waals surface area contributed by atoms with Gasteiger partial charge in [0.1, 0.15) is 17.2 Å². The molecule has 38 heavy (non-hydrogen) atoms. The summed E-state index contributed by atoms with van der Waals surface area (Å²) in [7, 11) is 0. The van der Waals surface area contributed by atoms with Gasteiger partial charge in [-0.1, -0.05) is 68.9 Å². The molecule has 0 spiro atoms. The molecule has 0 saturated carbocycles. The van der Waals surface area contributed by atoms with Gasteiger partial charge in [-0.3, -0.25) is 20.2 Å². The van der Waals surface area contributed by atoms with Crippen molar-refractivity contribution in [1.29, 1.82) is 0 Å². The van der Waals surface area contributed by atoms with Gasteiger partial charge < -0.3 is 9.47 Å². The summed E-state index contributed by atoms with van der Waals surface area (Å²) in [5.74, 6) is 0.948. The number of benzene rings is 2. The largest absolute Gasteiger partial charge is 0.494 e. The maximum atomic E-state index is 12.8. The van der Waals surface area contributed by atoms with Gasteiger partial charge in [-0.2, -0.15) is 0 Å². The Hall–Kier alpha value is -3.76. The first-order valence-corrected chi connectivity index (χ1v) is 13.9. The smallest absolute Gasteiger partial charge is 0.324 e. The highest BCUT2D eigenvalue weighted by atomic mass is 32.1. The molecule has 2 aromatic heterocycles. The number of ether oxygens (including phenoxy) is 2. The van der Waals surface area contributed by atoms with Gasteiger partial charge in [-0.05, 0) is 59.9 Å². The van der Waals surface area contributed by atoms with Crippen molar-refractivity contribution < 1.29 is 19.2 Å². The number of anilines is 1. The Morgan fingerprint density at radius 1 is 1.00 bits per heavy atom. The minimum absolute atomic E-state index is 0.0173. The van der Waals surface area contributed by atoms with E-state index in [0.29, 0.717) is 28.2 Å². The van der Waals surface area contributed by atoms with Gasteiger partial charge in [-0.15, -0.1) is 0 Å². The molecule has 198 valence electrons. The van der Waals surface area contributed by atoms with Gasteiger partial charge in [0.15, 0.2) is 5.13 Å². The van der Waals surface area contributed by atoms with Crippen LogP contribution in [0.25, 0.3) is 11.3 Å². The molecule has 8 nitrogen and oxygen atoms in total. The van der Waals surface area contributed by atoms with Crippen LogP contribution in [-0.2, 0) is 5.41 Å². The predicted molar refractivity (Wildman–Crippen MR) is 152 cm³/mol. The van der Waals surface area contributed by atoms with Crippen LogP contribution in [0.4, 0.5) is 10.1 Å². The number of nitrogens with one attached hydrogen (secondary N) is 1. The molecule has 1 N–H and O–H groups in total. The molecule has 0 aliphatic heterocycles. The minimum Gasteiger partial charge on any atom is -0.494 e. The third-order valence-corrected chi connectivity index (χ3v) is 7.52. The van der Waals surface area contributed by atoms with Gasteiger partial charge in [0.2, 0.25) is 5.06 Å². The molecule has 0 atom stereocenters. The van der Waals surface area contributed by atoms with Crippen molar-refractivity contribution in [3.63, 3.8) is 0 Å². The van der Waals surface area contributed by atoms with Crippen LogP contribution in [0.3, 0.4) is 0 Å². The molecule has 0 radical (unpaired) electrons. The number of amides is 1. The Kier molecular flexibility index (Phi) is 8.43. The van der Waals surface area contributed by atoms with Crippen LogP contribution in [0, 0.1) is 10.1 Å².